The molecule has 0 radical (unpaired) electrons. The van der Waals surface area contributed by atoms with Crippen molar-refractivity contribution in [3.8, 4) is 0 Å². The molecule has 0 aromatic rings. The standard InChI is InChI=1S/C16H30O7/c1-11(2)5-7-15(21,9-17)13(19)23-14(20)16(22,10-18)8-6-12(3)4/h11-12,17-18,21-22H,5-10H2,1-4H3. The van der Waals surface area contributed by atoms with Gasteiger partial charge in [0.2, 0.25) is 0 Å². The van der Waals surface area contributed by atoms with Crippen LogP contribution in [0.4, 0.5) is 0 Å². The summed E-state index contributed by atoms with van der Waals surface area (Å²) in [6, 6.07) is 0. The summed E-state index contributed by atoms with van der Waals surface area (Å²) in [6.45, 7) is 5.73. The Morgan fingerprint density at radius 3 is 1.35 bits per heavy atom. The van der Waals surface area contributed by atoms with Crippen LogP contribution in [-0.2, 0) is 14.3 Å². The Bertz CT molecular complexity index is 358. The Kier molecular flexibility index (Phi) is 8.90. The first-order valence-corrected chi connectivity index (χ1v) is 7.94. The van der Waals surface area contributed by atoms with Gasteiger partial charge in [0.1, 0.15) is 0 Å². The zero-order valence-corrected chi connectivity index (χ0v) is 14.4. The van der Waals surface area contributed by atoms with Crippen molar-refractivity contribution in [3.63, 3.8) is 0 Å². The number of aliphatic hydroxyl groups is 4. The molecule has 23 heavy (non-hydrogen) atoms. The van der Waals surface area contributed by atoms with E-state index in [0.717, 1.165) is 0 Å². The first-order chi connectivity index (χ1) is 10.5. The topological polar surface area (TPSA) is 124 Å². The molecule has 0 bridgehead atoms. The summed E-state index contributed by atoms with van der Waals surface area (Å²) in [5, 5.41) is 38.7. The van der Waals surface area contributed by atoms with Crippen molar-refractivity contribution in [2.24, 2.45) is 11.8 Å². The Labute approximate surface area is 137 Å². The van der Waals surface area contributed by atoms with Gasteiger partial charge < -0.3 is 25.2 Å². The molecule has 0 aliphatic heterocycles. The summed E-state index contributed by atoms with van der Waals surface area (Å²) >= 11 is 0. The van der Waals surface area contributed by atoms with Gasteiger partial charge in [-0.3, -0.25) is 0 Å². The molecule has 136 valence electrons. The minimum Gasteiger partial charge on any atom is -0.393 e. The van der Waals surface area contributed by atoms with Crippen molar-refractivity contribution >= 4 is 11.9 Å². The van der Waals surface area contributed by atoms with Gasteiger partial charge in [-0.1, -0.05) is 27.7 Å². The molecule has 0 amide bonds. The van der Waals surface area contributed by atoms with Gasteiger partial charge in [0.15, 0.2) is 11.2 Å². The highest BCUT2D eigenvalue weighted by Crippen LogP contribution is 2.22. The van der Waals surface area contributed by atoms with Crippen LogP contribution in [-0.4, -0.2) is 56.8 Å². The highest BCUT2D eigenvalue weighted by atomic mass is 16.6. The summed E-state index contributed by atoms with van der Waals surface area (Å²) < 4.78 is 4.53. The second-order valence-corrected chi connectivity index (χ2v) is 6.92. The summed E-state index contributed by atoms with van der Waals surface area (Å²) in [5.74, 6) is -2.28. The highest BCUT2D eigenvalue weighted by Gasteiger charge is 2.43. The molecule has 0 aliphatic rings. The zero-order chi connectivity index (χ0) is 18.3. The second kappa shape index (κ2) is 9.32. The number of esters is 2. The first-order valence-electron chi connectivity index (χ1n) is 7.94. The lowest BCUT2D eigenvalue weighted by Crippen LogP contribution is -2.50. The minimum atomic E-state index is -2.20. The summed E-state index contributed by atoms with van der Waals surface area (Å²) in [4.78, 5) is 23.9. The minimum absolute atomic E-state index is 0.0726. The van der Waals surface area contributed by atoms with E-state index in [4.69, 9.17) is 0 Å². The van der Waals surface area contributed by atoms with E-state index in [0.29, 0.717) is 12.8 Å². The Morgan fingerprint density at radius 1 is 0.826 bits per heavy atom. The maximum absolute atomic E-state index is 12.0. The zero-order valence-electron chi connectivity index (χ0n) is 14.4. The molecule has 4 N–H and O–H groups in total. The second-order valence-electron chi connectivity index (χ2n) is 6.92. The van der Waals surface area contributed by atoms with Crippen LogP contribution >= 0.6 is 0 Å². The lowest BCUT2D eigenvalue weighted by atomic mass is 9.93. The fourth-order valence-electron chi connectivity index (χ4n) is 1.82. The molecule has 2 atom stereocenters. The predicted molar refractivity (Wildman–Crippen MR) is 83.3 cm³/mol. The molecule has 0 heterocycles. The molecular formula is C16H30O7. The average molecular weight is 334 g/mol. The van der Waals surface area contributed by atoms with Crippen molar-refractivity contribution < 1.29 is 34.8 Å². The van der Waals surface area contributed by atoms with E-state index in [1.165, 1.54) is 0 Å². The van der Waals surface area contributed by atoms with Gasteiger partial charge in [0.05, 0.1) is 13.2 Å². The molecule has 0 aliphatic carbocycles. The molecule has 0 saturated carbocycles. The van der Waals surface area contributed by atoms with Gasteiger partial charge in [-0.05, 0) is 37.5 Å². The summed E-state index contributed by atoms with van der Waals surface area (Å²) in [6.07, 6.45) is 0.740. The van der Waals surface area contributed by atoms with Crippen LogP contribution in [0, 0.1) is 11.8 Å². The van der Waals surface area contributed by atoms with E-state index in [-0.39, 0.29) is 24.7 Å². The van der Waals surface area contributed by atoms with Crippen LogP contribution < -0.4 is 0 Å². The van der Waals surface area contributed by atoms with Gasteiger partial charge in [-0.15, -0.1) is 0 Å². The van der Waals surface area contributed by atoms with E-state index in [1.807, 2.05) is 27.7 Å². The van der Waals surface area contributed by atoms with E-state index in [9.17, 15) is 30.0 Å². The molecule has 0 fully saturated rings. The van der Waals surface area contributed by atoms with Crippen molar-refractivity contribution in [3.05, 3.63) is 0 Å². The fraction of sp³-hybridized carbons (Fsp3) is 0.875. The molecule has 0 saturated heterocycles. The van der Waals surface area contributed by atoms with Crippen LogP contribution in [0.15, 0.2) is 0 Å². The van der Waals surface area contributed by atoms with E-state index < -0.39 is 36.4 Å². The number of carbonyl (C=O) groups excluding carboxylic acids is 2. The van der Waals surface area contributed by atoms with E-state index in [1.54, 1.807) is 0 Å². The van der Waals surface area contributed by atoms with E-state index in [2.05, 4.69) is 4.74 Å². The maximum atomic E-state index is 12.0. The van der Waals surface area contributed by atoms with Crippen LogP contribution in [0.5, 0.6) is 0 Å². The smallest absolute Gasteiger partial charge is 0.348 e. The number of hydrogen-bond donors (Lipinski definition) is 4. The molecular weight excluding hydrogens is 304 g/mol. The van der Waals surface area contributed by atoms with E-state index >= 15 is 0 Å². The van der Waals surface area contributed by atoms with Crippen LogP contribution in [0.2, 0.25) is 0 Å². The normalized spacial score (nSPS) is 17.0. The number of carbonyl (C=O) groups is 2. The maximum Gasteiger partial charge on any atom is 0.348 e. The average Bonchev–Trinajstić information content (AvgIpc) is 2.49. The van der Waals surface area contributed by atoms with Gasteiger partial charge in [-0.2, -0.15) is 0 Å². The molecule has 0 spiro atoms. The molecule has 0 aromatic carbocycles. The third kappa shape index (κ3) is 6.95. The Balaban J connectivity index is 4.91. The van der Waals surface area contributed by atoms with Gasteiger partial charge >= 0.3 is 11.9 Å². The summed E-state index contributed by atoms with van der Waals surface area (Å²) in [7, 11) is 0. The number of hydrogen-bond acceptors (Lipinski definition) is 7. The Morgan fingerprint density at radius 2 is 1.13 bits per heavy atom. The third-order valence-electron chi connectivity index (χ3n) is 3.74. The lowest BCUT2D eigenvalue weighted by Gasteiger charge is -2.28. The van der Waals surface area contributed by atoms with Crippen LogP contribution in [0.25, 0.3) is 0 Å². The SMILES string of the molecule is CC(C)CCC(O)(CO)C(=O)OC(=O)C(O)(CO)CCC(C)C. The van der Waals surface area contributed by atoms with Crippen molar-refractivity contribution in [1.82, 2.24) is 0 Å². The number of ether oxygens (including phenoxy) is 1. The molecule has 2 unspecified atom stereocenters. The van der Waals surface area contributed by atoms with Gasteiger partial charge in [0, 0.05) is 0 Å². The number of aliphatic hydroxyl groups excluding tert-OH is 2. The summed E-state index contributed by atoms with van der Waals surface area (Å²) in [5.41, 5.74) is -4.40. The molecule has 0 aromatic heterocycles. The van der Waals surface area contributed by atoms with Gasteiger partial charge in [0.25, 0.3) is 0 Å². The van der Waals surface area contributed by atoms with Crippen LogP contribution in [0.3, 0.4) is 0 Å². The van der Waals surface area contributed by atoms with Crippen molar-refractivity contribution in [2.75, 3.05) is 13.2 Å². The monoisotopic (exact) mass is 334 g/mol. The number of rotatable bonds is 10. The molecule has 7 nitrogen and oxygen atoms in total. The third-order valence-corrected chi connectivity index (χ3v) is 3.74. The molecule has 7 heteroatoms. The lowest BCUT2D eigenvalue weighted by molar-refractivity contribution is -0.191. The van der Waals surface area contributed by atoms with Crippen molar-refractivity contribution in [2.45, 2.75) is 64.6 Å². The van der Waals surface area contributed by atoms with Gasteiger partial charge in [-0.25, -0.2) is 9.59 Å². The first kappa shape index (κ1) is 22.0. The predicted octanol–water partition coefficient (Wildman–Crippen LogP) is 0.375. The highest BCUT2D eigenvalue weighted by molar-refractivity contribution is 5.94. The van der Waals surface area contributed by atoms with Crippen LogP contribution in [0.1, 0.15) is 53.4 Å². The largest absolute Gasteiger partial charge is 0.393 e. The Hall–Kier alpha value is -1.02. The quantitative estimate of drug-likeness (QED) is 0.336. The fourth-order valence-corrected chi connectivity index (χ4v) is 1.82. The molecule has 0 rings (SSSR count). The van der Waals surface area contributed by atoms with Crippen molar-refractivity contribution in [1.29, 1.82) is 0 Å².